The van der Waals surface area contributed by atoms with Crippen molar-refractivity contribution in [3.63, 3.8) is 0 Å². The van der Waals surface area contributed by atoms with Crippen molar-refractivity contribution >= 4 is 5.69 Å². The predicted octanol–water partition coefficient (Wildman–Crippen LogP) is 1.60. The number of nitrogens with two attached hydrogens (primary N) is 2. The SMILES string of the molecule is NC1=CC2Oc3ccc(N)cc3CC2C=C1. The number of allylic oxidation sites excluding steroid dienone is 1. The minimum absolute atomic E-state index is 0.0705. The second kappa shape index (κ2) is 3.30. The Morgan fingerprint density at radius 2 is 2.12 bits per heavy atom. The van der Waals surface area contributed by atoms with Crippen molar-refractivity contribution in [3.05, 3.63) is 47.7 Å². The van der Waals surface area contributed by atoms with Gasteiger partial charge in [-0.3, -0.25) is 0 Å². The third-order valence-electron chi connectivity index (χ3n) is 3.12. The molecule has 0 saturated heterocycles. The number of benzene rings is 1. The van der Waals surface area contributed by atoms with Gasteiger partial charge in [-0.05, 0) is 42.3 Å². The van der Waals surface area contributed by atoms with Gasteiger partial charge in [-0.1, -0.05) is 6.08 Å². The highest BCUT2D eigenvalue weighted by Gasteiger charge is 2.28. The summed E-state index contributed by atoms with van der Waals surface area (Å²) in [7, 11) is 0. The maximum Gasteiger partial charge on any atom is 0.126 e. The van der Waals surface area contributed by atoms with E-state index in [4.69, 9.17) is 16.2 Å². The highest BCUT2D eigenvalue weighted by molar-refractivity contribution is 5.50. The predicted molar refractivity (Wildman–Crippen MR) is 63.9 cm³/mol. The minimum Gasteiger partial charge on any atom is -0.485 e. The van der Waals surface area contributed by atoms with Gasteiger partial charge in [0, 0.05) is 17.3 Å². The number of rotatable bonds is 0. The van der Waals surface area contributed by atoms with Crippen LogP contribution >= 0.6 is 0 Å². The number of ether oxygens (including phenoxy) is 1. The van der Waals surface area contributed by atoms with Crippen molar-refractivity contribution in [2.75, 3.05) is 5.73 Å². The Labute approximate surface area is 94.4 Å². The van der Waals surface area contributed by atoms with Crippen LogP contribution in [-0.4, -0.2) is 6.10 Å². The molecule has 4 N–H and O–H groups in total. The van der Waals surface area contributed by atoms with Crippen molar-refractivity contribution < 1.29 is 4.74 Å². The standard InChI is InChI=1S/C13H14N2O/c14-10-3-4-12-9(6-10)5-8-1-2-11(15)7-13(8)16-12/h1-4,6-8,13H,5,14-15H2. The third-order valence-corrected chi connectivity index (χ3v) is 3.12. The van der Waals surface area contributed by atoms with Crippen LogP contribution in [0.5, 0.6) is 5.75 Å². The molecule has 0 amide bonds. The molecular formula is C13H14N2O. The van der Waals surface area contributed by atoms with Gasteiger partial charge in [-0.2, -0.15) is 0 Å². The van der Waals surface area contributed by atoms with Crippen LogP contribution in [0.4, 0.5) is 5.69 Å². The Bertz CT molecular complexity index is 491. The molecule has 2 unspecified atom stereocenters. The molecule has 3 heteroatoms. The van der Waals surface area contributed by atoms with Gasteiger partial charge in [0.1, 0.15) is 11.9 Å². The van der Waals surface area contributed by atoms with Gasteiger partial charge in [0.25, 0.3) is 0 Å². The van der Waals surface area contributed by atoms with Crippen molar-refractivity contribution in [2.45, 2.75) is 12.5 Å². The average Bonchev–Trinajstić information content (AvgIpc) is 2.26. The first-order valence-corrected chi connectivity index (χ1v) is 5.43. The highest BCUT2D eigenvalue weighted by Crippen LogP contribution is 2.34. The number of nitrogen functional groups attached to an aromatic ring is 1. The summed E-state index contributed by atoms with van der Waals surface area (Å²) >= 11 is 0. The lowest BCUT2D eigenvalue weighted by atomic mass is 9.87. The Kier molecular flexibility index (Phi) is 1.93. The fourth-order valence-corrected chi connectivity index (χ4v) is 2.29. The zero-order valence-electron chi connectivity index (χ0n) is 8.89. The quantitative estimate of drug-likeness (QED) is 0.645. The largest absolute Gasteiger partial charge is 0.485 e. The summed E-state index contributed by atoms with van der Waals surface area (Å²) in [6.07, 6.45) is 7.07. The summed E-state index contributed by atoms with van der Waals surface area (Å²) in [4.78, 5) is 0. The molecule has 1 aromatic carbocycles. The fourth-order valence-electron chi connectivity index (χ4n) is 2.29. The smallest absolute Gasteiger partial charge is 0.126 e. The van der Waals surface area contributed by atoms with Gasteiger partial charge in [0.2, 0.25) is 0 Å². The summed E-state index contributed by atoms with van der Waals surface area (Å²) < 4.78 is 5.90. The van der Waals surface area contributed by atoms with Crippen molar-refractivity contribution in [1.29, 1.82) is 0 Å². The van der Waals surface area contributed by atoms with Gasteiger partial charge >= 0.3 is 0 Å². The van der Waals surface area contributed by atoms with Crippen LogP contribution in [-0.2, 0) is 6.42 Å². The molecule has 0 fully saturated rings. The molecule has 0 saturated carbocycles. The number of hydrogen-bond acceptors (Lipinski definition) is 3. The molecule has 0 radical (unpaired) electrons. The van der Waals surface area contributed by atoms with E-state index in [1.165, 1.54) is 5.56 Å². The molecule has 16 heavy (non-hydrogen) atoms. The van der Waals surface area contributed by atoms with E-state index in [1.54, 1.807) is 0 Å². The van der Waals surface area contributed by atoms with Crippen LogP contribution in [0, 0.1) is 5.92 Å². The topological polar surface area (TPSA) is 61.3 Å². The number of fused-ring (bicyclic) bond motifs is 2. The molecule has 2 aliphatic rings. The van der Waals surface area contributed by atoms with Gasteiger partial charge in [0.15, 0.2) is 0 Å². The van der Waals surface area contributed by atoms with E-state index < -0.39 is 0 Å². The Morgan fingerprint density at radius 3 is 3.00 bits per heavy atom. The van der Waals surface area contributed by atoms with Crippen molar-refractivity contribution in [1.82, 2.24) is 0 Å². The number of hydrogen-bond donors (Lipinski definition) is 2. The first kappa shape index (κ1) is 9.33. The third kappa shape index (κ3) is 1.45. The highest BCUT2D eigenvalue weighted by atomic mass is 16.5. The van der Waals surface area contributed by atoms with Gasteiger partial charge in [-0.15, -0.1) is 0 Å². The van der Waals surface area contributed by atoms with Crippen LogP contribution in [0.2, 0.25) is 0 Å². The Hall–Kier alpha value is -1.90. The molecule has 0 aromatic heterocycles. The van der Waals surface area contributed by atoms with Gasteiger partial charge in [0.05, 0.1) is 0 Å². The lowest BCUT2D eigenvalue weighted by Gasteiger charge is -2.32. The number of anilines is 1. The van der Waals surface area contributed by atoms with E-state index in [0.717, 1.165) is 23.6 Å². The van der Waals surface area contributed by atoms with Crippen LogP contribution < -0.4 is 16.2 Å². The van der Waals surface area contributed by atoms with Gasteiger partial charge < -0.3 is 16.2 Å². The van der Waals surface area contributed by atoms with Crippen molar-refractivity contribution in [2.24, 2.45) is 11.7 Å². The molecule has 1 aromatic rings. The van der Waals surface area contributed by atoms with Crippen LogP contribution in [0.25, 0.3) is 0 Å². The van der Waals surface area contributed by atoms with Gasteiger partial charge in [-0.25, -0.2) is 0 Å². The summed E-state index contributed by atoms with van der Waals surface area (Å²) in [5.74, 6) is 1.30. The van der Waals surface area contributed by atoms with E-state index in [-0.39, 0.29) is 6.10 Å². The fraction of sp³-hybridized carbons (Fsp3) is 0.231. The summed E-state index contributed by atoms with van der Waals surface area (Å²) in [5.41, 5.74) is 14.3. The lowest BCUT2D eigenvalue weighted by molar-refractivity contribution is 0.177. The molecule has 82 valence electrons. The zero-order valence-corrected chi connectivity index (χ0v) is 8.89. The Morgan fingerprint density at radius 1 is 1.25 bits per heavy atom. The van der Waals surface area contributed by atoms with E-state index >= 15 is 0 Å². The molecule has 2 atom stereocenters. The summed E-state index contributed by atoms with van der Waals surface area (Å²) in [6, 6.07) is 5.79. The molecule has 0 spiro atoms. The monoisotopic (exact) mass is 214 g/mol. The second-order valence-corrected chi connectivity index (χ2v) is 4.34. The molecule has 0 bridgehead atoms. The molecule has 1 aliphatic carbocycles. The first-order chi connectivity index (χ1) is 7.72. The normalized spacial score (nSPS) is 26.4. The minimum atomic E-state index is 0.0705. The maximum atomic E-state index is 5.90. The maximum absolute atomic E-state index is 5.90. The molecule has 1 heterocycles. The molecular weight excluding hydrogens is 200 g/mol. The van der Waals surface area contributed by atoms with Crippen molar-refractivity contribution in [3.8, 4) is 5.75 Å². The Balaban J connectivity index is 1.98. The van der Waals surface area contributed by atoms with E-state index in [9.17, 15) is 0 Å². The molecule has 3 rings (SSSR count). The molecule has 1 aliphatic heterocycles. The van der Waals surface area contributed by atoms with E-state index in [1.807, 2.05) is 30.4 Å². The van der Waals surface area contributed by atoms with Crippen LogP contribution in [0.3, 0.4) is 0 Å². The average molecular weight is 214 g/mol. The van der Waals surface area contributed by atoms with Crippen LogP contribution in [0.1, 0.15) is 5.56 Å². The van der Waals surface area contributed by atoms with E-state index in [0.29, 0.717) is 5.92 Å². The summed E-state index contributed by atoms with van der Waals surface area (Å²) in [6.45, 7) is 0. The summed E-state index contributed by atoms with van der Waals surface area (Å²) in [5, 5.41) is 0. The first-order valence-electron chi connectivity index (χ1n) is 5.43. The van der Waals surface area contributed by atoms with Crippen LogP contribution in [0.15, 0.2) is 42.1 Å². The lowest BCUT2D eigenvalue weighted by Crippen LogP contribution is -2.32. The van der Waals surface area contributed by atoms with E-state index in [2.05, 4.69) is 6.08 Å². The second-order valence-electron chi connectivity index (χ2n) is 4.34. The zero-order chi connectivity index (χ0) is 11.1. The molecule has 3 nitrogen and oxygen atoms in total.